The highest BCUT2D eigenvalue weighted by Gasteiger charge is 2.14. The zero-order valence-corrected chi connectivity index (χ0v) is 15.9. The minimum absolute atomic E-state index is 0.820. The van der Waals surface area contributed by atoms with Crippen LogP contribution in [-0.4, -0.2) is 14.7 Å². The monoisotopic (exact) mass is 375 g/mol. The van der Waals surface area contributed by atoms with Crippen LogP contribution in [0.4, 0.5) is 0 Å². The maximum Gasteiger partial charge on any atom is 0.229 e. The number of fused-ring (bicyclic) bond motifs is 2. The summed E-state index contributed by atoms with van der Waals surface area (Å²) in [6.45, 7) is 4.12. The molecular formula is C23H21NO2S. The highest BCUT2D eigenvalue weighted by Crippen LogP contribution is 2.34. The summed E-state index contributed by atoms with van der Waals surface area (Å²) in [5.41, 5.74) is 6.56. The molecule has 0 bridgehead atoms. The first-order valence-corrected chi connectivity index (χ1v) is 10.4. The van der Waals surface area contributed by atoms with E-state index in [2.05, 4.69) is 53.8 Å². The highest BCUT2D eigenvalue weighted by molar-refractivity contribution is 7.88. The summed E-state index contributed by atoms with van der Waals surface area (Å²) in [7, 11) is -3.23. The highest BCUT2D eigenvalue weighted by atomic mass is 32.2. The van der Waals surface area contributed by atoms with Gasteiger partial charge in [-0.25, -0.2) is 8.42 Å². The molecule has 0 saturated carbocycles. The molecule has 0 unspecified atom stereocenters. The SMILES string of the molecule is C=C(C=C1c2ccccc2C=Cc2ccccc21)/C=C\C=C\NS(C)(=O)=O. The quantitative estimate of drug-likeness (QED) is 0.653. The summed E-state index contributed by atoms with van der Waals surface area (Å²) in [6, 6.07) is 16.6. The van der Waals surface area contributed by atoms with Gasteiger partial charge in [0.2, 0.25) is 10.0 Å². The van der Waals surface area contributed by atoms with Gasteiger partial charge in [-0.3, -0.25) is 4.72 Å². The first-order valence-electron chi connectivity index (χ1n) is 8.52. The predicted octanol–water partition coefficient (Wildman–Crippen LogP) is 4.78. The Balaban J connectivity index is 1.93. The topological polar surface area (TPSA) is 46.2 Å². The minimum atomic E-state index is -3.23. The minimum Gasteiger partial charge on any atom is -0.291 e. The molecule has 0 saturated heterocycles. The fourth-order valence-corrected chi connectivity index (χ4v) is 3.21. The molecule has 4 heteroatoms. The summed E-state index contributed by atoms with van der Waals surface area (Å²) in [6.07, 6.45) is 14.0. The number of allylic oxidation sites excluding steroid dienone is 5. The van der Waals surface area contributed by atoms with Gasteiger partial charge in [0.05, 0.1) is 6.26 Å². The Hall–Kier alpha value is -3.11. The maximum absolute atomic E-state index is 11.0. The molecular weight excluding hydrogens is 354 g/mol. The van der Waals surface area contributed by atoms with Crippen LogP contribution in [0.2, 0.25) is 0 Å². The molecule has 3 nitrogen and oxygen atoms in total. The van der Waals surface area contributed by atoms with E-state index >= 15 is 0 Å². The van der Waals surface area contributed by atoms with Gasteiger partial charge in [0, 0.05) is 6.20 Å². The molecule has 136 valence electrons. The van der Waals surface area contributed by atoms with Crippen molar-refractivity contribution in [3.05, 3.63) is 113 Å². The Morgan fingerprint density at radius 2 is 1.48 bits per heavy atom. The number of benzene rings is 2. The van der Waals surface area contributed by atoms with E-state index in [9.17, 15) is 8.42 Å². The van der Waals surface area contributed by atoms with E-state index in [1.807, 2.05) is 30.3 Å². The van der Waals surface area contributed by atoms with Crippen molar-refractivity contribution >= 4 is 27.7 Å². The van der Waals surface area contributed by atoms with E-state index in [-0.39, 0.29) is 0 Å². The molecule has 0 heterocycles. The van der Waals surface area contributed by atoms with Crippen molar-refractivity contribution in [3.8, 4) is 0 Å². The Bertz CT molecular complexity index is 1040. The molecule has 2 aromatic carbocycles. The predicted molar refractivity (Wildman–Crippen MR) is 114 cm³/mol. The lowest BCUT2D eigenvalue weighted by molar-refractivity contribution is 0.596. The van der Waals surface area contributed by atoms with Crippen LogP contribution < -0.4 is 4.72 Å². The lowest BCUT2D eigenvalue weighted by atomic mass is 9.92. The van der Waals surface area contributed by atoms with Gasteiger partial charge in [-0.1, -0.05) is 79.4 Å². The van der Waals surface area contributed by atoms with Crippen LogP contribution in [0.5, 0.6) is 0 Å². The van der Waals surface area contributed by atoms with Crippen LogP contribution in [0.25, 0.3) is 17.7 Å². The van der Waals surface area contributed by atoms with Crippen LogP contribution >= 0.6 is 0 Å². The van der Waals surface area contributed by atoms with Crippen molar-refractivity contribution in [2.24, 2.45) is 0 Å². The molecule has 2 aromatic rings. The van der Waals surface area contributed by atoms with Gasteiger partial charge in [-0.15, -0.1) is 0 Å². The van der Waals surface area contributed by atoms with E-state index < -0.39 is 10.0 Å². The molecule has 1 aliphatic rings. The van der Waals surface area contributed by atoms with E-state index in [1.165, 1.54) is 6.20 Å². The molecule has 0 atom stereocenters. The van der Waals surface area contributed by atoms with Crippen molar-refractivity contribution in [2.75, 3.05) is 6.26 Å². The summed E-state index contributed by atoms with van der Waals surface area (Å²) < 4.78 is 24.4. The van der Waals surface area contributed by atoms with Gasteiger partial charge in [-0.2, -0.15) is 0 Å². The molecule has 0 radical (unpaired) electrons. The summed E-state index contributed by atoms with van der Waals surface area (Å²) in [4.78, 5) is 0. The third-order valence-corrected chi connectivity index (χ3v) is 4.64. The lowest BCUT2D eigenvalue weighted by Gasteiger charge is -2.12. The molecule has 0 fully saturated rings. The second-order valence-electron chi connectivity index (χ2n) is 6.25. The van der Waals surface area contributed by atoms with Gasteiger partial charge < -0.3 is 0 Å². The summed E-state index contributed by atoms with van der Waals surface area (Å²) >= 11 is 0. The Kier molecular flexibility index (Phi) is 5.57. The number of hydrogen-bond acceptors (Lipinski definition) is 2. The van der Waals surface area contributed by atoms with Crippen LogP contribution in [0.15, 0.2) is 91.2 Å². The number of sulfonamides is 1. The average molecular weight is 375 g/mol. The number of hydrogen-bond donors (Lipinski definition) is 1. The van der Waals surface area contributed by atoms with Gasteiger partial charge in [-0.05, 0) is 45.6 Å². The smallest absolute Gasteiger partial charge is 0.229 e. The van der Waals surface area contributed by atoms with E-state index in [0.717, 1.165) is 39.7 Å². The molecule has 1 aliphatic carbocycles. The van der Waals surface area contributed by atoms with Crippen molar-refractivity contribution < 1.29 is 8.42 Å². The standard InChI is InChI=1S/C23H21NO2S/c1-18(9-7-8-16-24-27(2,25)26)17-23-21-12-5-3-10-19(21)14-15-20-11-4-6-13-22(20)23/h3-17,24H,1H2,2H3/b9-7-,16-8+. The van der Waals surface area contributed by atoms with Crippen molar-refractivity contribution in [1.29, 1.82) is 0 Å². The van der Waals surface area contributed by atoms with E-state index in [1.54, 1.807) is 12.2 Å². The van der Waals surface area contributed by atoms with Gasteiger partial charge in [0.15, 0.2) is 0 Å². The Morgan fingerprint density at radius 3 is 2.04 bits per heavy atom. The third-order valence-electron chi connectivity index (χ3n) is 4.07. The zero-order valence-electron chi connectivity index (χ0n) is 15.1. The van der Waals surface area contributed by atoms with Crippen LogP contribution in [-0.2, 0) is 10.0 Å². The van der Waals surface area contributed by atoms with Crippen LogP contribution in [0.3, 0.4) is 0 Å². The molecule has 0 aliphatic heterocycles. The Morgan fingerprint density at radius 1 is 0.926 bits per heavy atom. The first kappa shape index (κ1) is 18.7. The molecule has 0 aromatic heterocycles. The van der Waals surface area contributed by atoms with Gasteiger partial charge >= 0.3 is 0 Å². The maximum atomic E-state index is 11.0. The van der Waals surface area contributed by atoms with E-state index in [0.29, 0.717) is 0 Å². The molecule has 0 spiro atoms. The molecule has 3 rings (SSSR count). The number of nitrogens with one attached hydrogen (secondary N) is 1. The van der Waals surface area contributed by atoms with Crippen molar-refractivity contribution in [3.63, 3.8) is 0 Å². The molecule has 27 heavy (non-hydrogen) atoms. The average Bonchev–Trinajstić information content (AvgIpc) is 2.78. The van der Waals surface area contributed by atoms with Crippen molar-refractivity contribution in [1.82, 2.24) is 4.72 Å². The molecule has 0 amide bonds. The second kappa shape index (κ2) is 8.06. The van der Waals surface area contributed by atoms with Crippen LogP contribution in [0.1, 0.15) is 22.3 Å². The summed E-state index contributed by atoms with van der Waals surface area (Å²) in [5, 5.41) is 0. The second-order valence-corrected chi connectivity index (χ2v) is 8.03. The lowest BCUT2D eigenvalue weighted by Crippen LogP contribution is -2.14. The Labute approximate surface area is 160 Å². The largest absolute Gasteiger partial charge is 0.291 e. The van der Waals surface area contributed by atoms with Gasteiger partial charge in [0.1, 0.15) is 0 Å². The fraction of sp³-hybridized carbons (Fsp3) is 0.0435. The number of rotatable bonds is 5. The van der Waals surface area contributed by atoms with Crippen LogP contribution in [0, 0.1) is 0 Å². The van der Waals surface area contributed by atoms with Gasteiger partial charge in [0.25, 0.3) is 0 Å². The first-order chi connectivity index (χ1) is 12.9. The molecule has 1 N–H and O–H groups in total. The van der Waals surface area contributed by atoms with Crippen molar-refractivity contribution in [2.45, 2.75) is 0 Å². The summed E-state index contributed by atoms with van der Waals surface area (Å²) in [5.74, 6) is 0. The normalized spacial score (nSPS) is 13.3. The fourth-order valence-electron chi connectivity index (χ4n) is 2.89. The van der Waals surface area contributed by atoms with E-state index in [4.69, 9.17) is 0 Å². The zero-order chi connectivity index (χ0) is 19.3. The third kappa shape index (κ3) is 4.96.